The Labute approximate surface area is 108 Å². The molecule has 0 saturated heterocycles. The first-order valence-electron chi connectivity index (χ1n) is 5.04. The molecule has 3 N–H and O–H groups in total. The molecule has 0 radical (unpaired) electrons. The smallest absolute Gasteiger partial charge is 0.257 e. The van der Waals surface area contributed by atoms with E-state index in [2.05, 4.69) is 10.3 Å². The lowest BCUT2D eigenvalue weighted by molar-refractivity contribution is 0.102. The van der Waals surface area contributed by atoms with E-state index in [0.29, 0.717) is 5.69 Å². The largest absolute Gasteiger partial charge is 0.399 e. The zero-order valence-corrected chi connectivity index (χ0v) is 9.91. The number of carbonyl (C=O) groups excluding carboxylic acids is 1. The van der Waals surface area contributed by atoms with E-state index < -0.39 is 11.7 Å². The van der Waals surface area contributed by atoms with Gasteiger partial charge in [-0.2, -0.15) is 0 Å². The Morgan fingerprint density at radius 2 is 2.17 bits per heavy atom. The molecule has 0 aliphatic carbocycles. The summed E-state index contributed by atoms with van der Waals surface area (Å²) in [7, 11) is 0. The summed E-state index contributed by atoms with van der Waals surface area (Å²) in [5.74, 6) is -1.15. The first-order chi connectivity index (χ1) is 8.58. The predicted molar refractivity (Wildman–Crippen MR) is 68.0 cm³/mol. The van der Waals surface area contributed by atoms with Gasteiger partial charge in [-0.05, 0) is 24.3 Å². The van der Waals surface area contributed by atoms with Gasteiger partial charge >= 0.3 is 0 Å². The van der Waals surface area contributed by atoms with Gasteiger partial charge < -0.3 is 11.1 Å². The Bertz CT molecular complexity index is 604. The molecule has 2 rings (SSSR count). The van der Waals surface area contributed by atoms with Gasteiger partial charge in [0.05, 0.1) is 22.5 Å². The van der Waals surface area contributed by atoms with Crippen molar-refractivity contribution in [1.82, 2.24) is 4.98 Å². The lowest BCUT2D eigenvalue weighted by atomic mass is 10.2. The SMILES string of the molecule is Nc1ccc(Cl)c(C(=O)Nc2ccncc2F)c1. The fraction of sp³-hybridized carbons (Fsp3) is 0. The van der Waals surface area contributed by atoms with E-state index >= 15 is 0 Å². The first kappa shape index (κ1) is 12.3. The average molecular weight is 266 g/mol. The maximum atomic E-state index is 13.3. The van der Waals surface area contributed by atoms with Gasteiger partial charge in [0.2, 0.25) is 0 Å². The van der Waals surface area contributed by atoms with Crippen LogP contribution in [-0.2, 0) is 0 Å². The van der Waals surface area contributed by atoms with Gasteiger partial charge in [-0.15, -0.1) is 0 Å². The maximum absolute atomic E-state index is 13.3. The van der Waals surface area contributed by atoms with Crippen LogP contribution >= 0.6 is 11.6 Å². The number of nitrogen functional groups attached to an aromatic ring is 1. The second-order valence-electron chi connectivity index (χ2n) is 3.55. The summed E-state index contributed by atoms with van der Waals surface area (Å²) < 4.78 is 13.3. The van der Waals surface area contributed by atoms with Gasteiger partial charge in [0.15, 0.2) is 5.82 Å². The van der Waals surface area contributed by atoms with Crippen molar-refractivity contribution in [1.29, 1.82) is 0 Å². The Kier molecular flexibility index (Phi) is 3.43. The Morgan fingerprint density at radius 1 is 1.39 bits per heavy atom. The van der Waals surface area contributed by atoms with E-state index in [9.17, 15) is 9.18 Å². The number of amides is 1. The summed E-state index contributed by atoms with van der Waals surface area (Å²) in [6.45, 7) is 0. The molecular formula is C12H9ClFN3O. The van der Waals surface area contributed by atoms with E-state index in [1.807, 2.05) is 0 Å². The quantitative estimate of drug-likeness (QED) is 0.821. The average Bonchev–Trinajstić information content (AvgIpc) is 2.35. The summed E-state index contributed by atoms with van der Waals surface area (Å²) in [6, 6.07) is 5.87. The van der Waals surface area contributed by atoms with Crippen LogP contribution in [0.1, 0.15) is 10.4 Å². The summed E-state index contributed by atoms with van der Waals surface area (Å²) in [6.07, 6.45) is 2.39. The van der Waals surface area contributed by atoms with Crippen molar-refractivity contribution in [2.45, 2.75) is 0 Å². The number of pyridine rings is 1. The lowest BCUT2D eigenvalue weighted by Gasteiger charge is -2.07. The molecule has 18 heavy (non-hydrogen) atoms. The third-order valence-corrected chi connectivity index (χ3v) is 2.59. The van der Waals surface area contributed by atoms with Crippen molar-refractivity contribution in [2.24, 2.45) is 0 Å². The molecular weight excluding hydrogens is 257 g/mol. The minimum atomic E-state index is -0.620. The molecule has 0 aliphatic heterocycles. The third kappa shape index (κ3) is 2.57. The summed E-state index contributed by atoms with van der Waals surface area (Å²) >= 11 is 5.87. The molecule has 2 aromatic rings. The highest BCUT2D eigenvalue weighted by Gasteiger charge is 2.12. The van der Waals surface area contributed by atoms with Gasteiger partial charge in [-0.25, -0.2) is 4.39 Å². The summed E-state index contributed by atoms with van der Waals surface area (Å²) in [5, 5.41) is 2.65. The van der Waals surface area contributed by atoms with E-state index in [0.717, 1.165) is 6.20 Å². The van der Waals surface area contributed by atoms with Gasteiger partial charge in [0.25, 0.3) is 5.91 Å². The van der Waals surface area contributed by atoms with Crippen LogP contribution in [0.25, 0.3) is 0 Å². The second-order valence-corrected chi connectivity index (χ2v) is 3.96. The highest BCUT2D eigenvalue weighted by atomic mass is 35.5. The van der Waals surface area contributed by atoms with Crippen LogP contribution in [0, 0.1) is 5.82 Å². The molecule has 1 aromatic heterocycles. The first-order valence-corrected chi connectivity index (χ1v) is 5.41. The Morgan fingerprint density at radius 3 is 2.89 bits per heavy atom. The molecule has 6 heteroatoms. The van der Waals surface area contributed by atoms with E-state index in [4.69, 9.17) is 17.3 Å². The molecule has 4 nitrogen and oxygen atoms in total. The number of anilines is 2. The minimum absolute atomic E-state index is 0.0356. The minimum Gasteiger partial charge on any atom is -0.399 e. The van der Waals surface area contributed by atoms with Crippen molar-refractivity contribution < 1.29 is 9.18 Å². The predicted octanol–water partition coefficient (Wildman–Crippen LogP) is 2.71. The van der Waals surface area contributed by atoms with Crippen molar-refractivity contribution >= 4 is 28.9 Å². The molecule has 92 valence electrons. The van der Waals surface area contributed by atoms with Crippen LogP contribution in [0.4, 0.5) is 15.8 Å². The monoisotopic (exact) mass is 265 g/mol. The van der Waals surface area contributed by atoms with Gasteiger partial charge in [0, 0.05) is 11.9 Å². The van der Waals surface area contributed by atoms with Crippen LogP contribution in [0.15, 0.2) is 36.7 Å². The highest BCUT2D eigenvalue weighted by molar-refractivity contribution is 6.34. The van der Waals surface area contributed by atoms with Crippen molar-refractivity contribution in [3.63, 3.8) is 0 Å². The van der Waals surface area contributed by atoms with Crippen LogP contribution in [0.2, 0.25) is 5.02 Å². The molecule has 0 spiro atoms. The summed E-state index contributed by atoms with van der Waals surface area (Å²) in [5.41, 5.74) is 6.19. The molecule has 0 aliphatic rings. The van der Waals surface area contributed by atoms with Crippen molar-refractivity contribution in [3.8, 4) is 0 Å². The molecule has 0 saturated carbocycles. The lowest BCUT2D eigenvalue weighted by Crippen LogP contribution is -2.14. The standard InChI is InChI=1S/C12H9ClFN3O/c13-9-2-1-7(15)5-8(9)12(18)17-11-3-4-16-6-10(11)14/h1-6H,15H2,(H,16,17,18). The van der Waals surface area contributed by atoms with Crippen LogP contribution < -0.4 is 11.1 Å². The number of hydrogen-bond acceptors (Lipinski definition) is 3. The van der Waals surface area contributed by atoms with Crippen LogP contribution in [-0.4, -0.2) is 10.9 Å². The molecule has 1 heterocycles. The number of nitrogens with one attached hydrogen (secondary N) is 1. The van der Waals surface area contributed by atoms with Gasteiger partial charge in [-0.1, -0.05) is 11.6 Å². The zero-order chi connectivity index (χ0) is 13.1. The van der Waals surface area contributed by atoms with Crippen molar-refractivity contribution in [2.75, 3.05) is 11.1 Å². The summed E-state index contributed by atoms with van der Waals surface area (Å²) in [4.78, 5) is 15.5. The number of nitrogens with zero attached hydrogens (tertiary/aromatic N) is 1. The number of halogens is 2. The van der Waals surface area contributed by atoms with Gasteiger partial charge in [-0.3, -0.25) is 9.78 Å². The Balaban J connectivity index is 2.28. The van der Waals surface area contributed by atoms with Crippen molar-refractivity contribution in [3.05, 3.63) is 53.1 Å². The van der Waals surface area contributed by atoms with E-state index in [-0.39, 0.29) is 16.3 Å². The van der Waals surface area contributed by atoms with Crippen LogP contribution in [0.3, 0.4) is 0 Å². The number of benzene rings is 1. The number of carbonyl (C=O) groups is 1. The number of nitrogens with two attached hydrogens (primary N) is 1. The highest BCUT2D eigenvalue weighted by Crippen LogP contribution is 2.21. The fourth-order valence-corrected chi connectivity index (χ4v) is 1.59. The molecule has 0 fully saturated rings. The van der Waals surface area contributed by atoms with E-state index in [1.165, 1.54) is 24.4 Å². The number of rotatable bonds is 2. The van der Waals surface area contributed by atoms with Crippen LogP contribution in [0.5, 0.6) is 0 Å². The normalized spacial score (nSPS) is 10.1. The van der Waals surface area contributed by atoms with Gasteiger partial charge in [0.1, 0.15) is 0 Å². The fourth-order valence-electron chi connectivity index (χ4n) is 1.38. The van der Waals surface area contributed by atoms with E-state index in [1.54, 1.807) is 6.07 Å². The molecule has 0 unspecified atom stereocenters. The molecule has 0 bridgehead atoms. The Hall–Kier alpha value is -2.14. The molecule has 1 amide bonds. The number of hydrogen-bond donors (Lipinski definition) is 2. The molecule has 1 aromatic carbocycles. The maximum Gasteiger partial charge on any atom is 0.257 e. The second kappa shape index (κ2) is 5.01. The molecule has 0 atom stereocenters. The zero-order valence-electron chi connectivity index (χ0n) is 9.15. The number of aromatic nitrogens is 1. The topological polar surface area (TPSA) is 68.0 Å². The third-order valence-electron chi connectivity index (χ3n) is 2.26.